The largest absolute Gasteiger partial charge is 0.307 e. The molecule has 0 spiro atoms. The monoisotopic (exact) mass is 625 g/mol. The summed E-state index contributed by atoms with van der Waals surface area (Å²) in [5.74, 6) is 0.882. The van der Waals surface area contributed by atoms with Crippen molar-refractivity contribution in [1.82, 2.24) is 19.1 Å². The Balaban J connectivity index is 1.30. The molecule has 0 bridgehead atoms. The molecule has 1 aliphatic rings. The number of para-hydroxylation sites is 4. The Morgan fingerprint density at radius 2 is 1.06 bits per heavy atom. The minimum atomic E-state index is 0.882. The van der Waals surface area contributed by atoms with E-state index in [1.54, 1.807) is 6.33 Å². The molecule has 5 nitrogen and oxygen atoms in total. The van der Waals surface area contributed by atoms with Crippen molar-refractivity contribution in [3.63, 3.8) is 0 Å². The maximum Gasteiger partial charge on any atom is 0.148 e. The summed E-state index contributed by atoms with van der Waals surface area (Å²) in [5.41, 5.74) is 11.3. The molecule has 1 aliphatic heterocycles. The molecular weight excluding hydrogens is 599 g/mol. The standard InChI is InChI=1S/C44H27N5/c1-3-13-29(14-4-1)47-38-19-9-7-17-32(38)34-22-23-35-33-18-8-10-20-39(33)48(43(35)42(34)47)31-24-28-12-11-21-40-41(28)36(25-31)37-26-45-27-46-44(37)49(40)30-15-5-2-6-16-30/h1-27H. The summed E-state index contributed by atoms with van der Waals surface area (Å²) in [6.07, 6.45) is 3.61. The van der Waals surface area contributed by atoms with Gasteiger partial charge in [-0.2, -0.15) is 0 Å². The summed E-state index contributed by atoms with van der Waals surface area (Å²) < 4.78 is 4.91. The molecule has 0 N–H and O–H groups in total. The van der Waals surface area contributed by atoms with Crippen LogP contribution in [-0.2, 0) is 0 Å². The van der Waals surface area contributed by atoms with E-state index in [0.717, 1.165) is 39.7 Å². The van der Waals surface area contributed by atoms with E-state index in [-0.39, 0.29) is 0 Å². The lowest BCUT2D eigenvalue weighted by atomic mass is 9.92. The number of benzene rings is 7. The Bertz CT molecular complexity index is 2940. The van der Waals surface area contributed by atoms with E-state index in [0.29, 0.717) is 0 Å². The molecule has 0 saturated heterocycles. The van der Waals surface area contributed by atoms with Crippen molar-refractivity contribution >= 4 is 71.6 Å². The van der Waals surface area contributed by atoms with Gasteiger partial charge in [-0.1, -0.05) is 97.1 Å². The van der Waals surface area contributed by atoms with Crippen molar-refractivity contribution in [1.29, 1.82) is 0 Å². The lowest BCUT2D eigenvalue weighted by Gasteiger charge is -2.32. The van der Waals surface area contributed by atoms with E-state index in [1.165, 1.54) is 54.4 Å². The topological polar surface area (TPSA) is 38.9 Å². The smallest absolute Gasteiger partial charge is 0.148 e. The maximum absolute atomic E-state index is 4.87. The number of aromatic nitrogens is 4. The Morgan fingerprint density at radius 1 is 0.449 bits per heavy atom. The molecule has 5 heteroatoms. The van der Waals surface area contributed by atoms with Gasteiger partial charge in [0.05, 0.1) is 27.8 Å². The quantitative estimate of drug-likeness (QED) is 0.196. The van der Waals surface area contributed by atoms with Gasteiger partial charge in [-0.25, -0.2) is 9.97 Å². The Labute approximate surface area is 281 Å². The third kappa shape index (κ3) is 3.59. The molecule has 0 saturated carbocycles. The first-order valence-electron chi connectivity index (χ1n) is 16.6. The van der Waals surface area contributed by atoms with E-state index >= 15 is 0 Å². The second-order valence-electron chi connectivity index (χ2n) is 12.7. The number of fused-ring (bicyclic) bond motifs is 9. The van der Waals surface area contributed by atoms with Crippen LogP contribution in [0.4, 0.5) is 17.2 Å². The molecule has 0 atom stereocenters. The van der Waals surface area contributed by atoms with Gasteiger partial charge in [0.25, 0.3) is 0 Å². The fourth-order valence-corrected chi connectivity index (χ4v) is 8.18. The zero-order valence-electron chi connectivity index (χ0n) is 26.3. The van der Waals surface area contributed by atoms with Crippen LogP contribution in [0.2, 0.25) is 0 Å². The van der Waals surface area contributed by atoms with E-state index < -0.39 is 0 Å². The fourth-order valence-electron chi connectivity index (χ4n) is 8.18. The van der Waals surface area contributed by atoms with Crippen LogP contribution < -0.4 is 4.90 Å². The van der Waals surface area contributed by atoms with E-state index in [4.69, 9.17) is 4.98 Å². The van der Waals surface area contributed by atoms with Gasteiger partial charge in [0.1, 0.15) is 12.1 Å². The molecular formula is C44H27N5. The predicted molar refractivity (Wildman–Crippen MR) is 202 cm³/mol. The summed E-state index contributed by atoms with van der Waals surface area (Å²) in [7, 11) is 0. The fraction of sp³-hybridized carbons (Fsp3) is 0. The number of hydrogen-bond acceptors (Lipinski definition) is 3. The summed E-state index contributed by atoms with van der Waals surface area (Å²) in [4.78, 5) is 11.7. The molecule has 49 heavy (non-hydrogen) atoms. The van der Waals surface area contributed by atoms with Crippen LogP contribution in [0.25, 0.3) is 76.9 Å². The lowest BCUT2D eigenvalue weighted by molar-refractivity contribution is 1.11. The highest BCUT2D eigenvalue weighted by Crippen LogP contribution is 2.51. The third-order valence-corrected chi connectivity index (χ3v) is 10.1. The zero-order valence-corrected chi connectivity index (χ0v) is 26.3. The maximum atomic E-state index is 4.87. The number of rotatable bonds is 3. The first-order chi connectivity index (χ1) is 24.3. The van der Waals surface area contributed by atoms with E-state index in [1.807, 2.05) is 6.20 Å². The van der Waals surface area contributed by atoms with Crippen LogP contribution >= 0.6 is 0 Å². The first kappa shape index (κ1) is 26.4. The van der Waals surface area contributed by atoms with Gasteiger partial charge >= 0.3 is 0 Å². The average molecular weight is 626 g/mol. The van der Waals surface area contributed by atoms with Crippen LogP contribution in [0.5, 0.6) is 0 Å². The van der Waals surface area contributed by atoms with Crippen LogP contribution in [-0.4, -0.2) is 19.1 Å². The Morgan fingerprint density at radius 3 is 1.76 bits per heavy atom. The molecule has 0 aliphatic carbocycles. The van der Waals surface area contributed by atoms with Gasteiger partial charge in [0.15, 0.2) is 0 Å². The molecule has 11 rings (SSSR count). The van der Waals surface area contributed by atoms with Crippen molar-refractivity contribution in [3.8, 4) is 22.5 Å². The number of anilines is 3. The average Bonchev–Trinajstić information content (AvgIpc) is 3.69. The summed E-state index contributed by atoms with van der Waals surface area (Å²) in [5, 5.41) is 7.29. The molecule has 10 aromatic rings. The normalized spacial score (nSPS) is 12.4. The van der Waals surface area contributed by atoms with Crippen molar-refractivity contribution < 1.29 is 0 Å². The van der Waals surface area contributed by atoms with Gasteiger partial charge < -0.3 is 9.13 Å². The van der Waals surface area contributed by atoms with Crippen LogP contribution in [0.3, 0.4) is 0 Å². The van der Waals surface area contributed by atoms with E-state index in [2.05, 4.69) is 171 Å². The second-order valence-corrected chi connectivity index (χ2v) is 12.7. The highest BCUT2D eigenvalue weighted by atomic mass is 15.2. The van der Waals surface area contributed by atoms with Gasteiger partial charge in [-0.3, -0.25) is 4.90 Å². The molecule has 3 aromatic heterocycles. The Kier molecular flexibility index (Phi) is 5.32. The van der Waals surface area contributed by atoms with Crippen LogP contribution in [0, 0.1) is 0 Å². The second kappa shape index (κ2) is 9.89. The minimum Gasteiger partial charge on any atom is -0.307 e. The summed E-state index contributed by atoms with van der Waals surface area (Å²) in [6.45, 7) is 0. The molecule has 4 heterocycles. The molecule has 0 unspecified atom stereocenters. The van der Waals surface area contributed by atoms with Gasteiger partial charge in [0.2, 0.25) is 0 Å². The molecule has 0 fully saturated rings. The van der Waals surface area contributed by atoms with Crippen molar-refractivity contribution in [2.45, 2.75) is 0 Å². The molecule has 0 radical (unpaired) electrons. The van der Waals surface area contributed by atoms with Crippen LogP contribution in [0.15, 0.2) is 164 Å². The SMILES string of the molecule is c1ccc(N2c3ncncc3-c3cc(-n4c5ccccc5c5ccc6c7ccccc7n(-c7ccccc7)c6c54)cc4cccc2c34)cc1. The van der Waals surface area contributed by atoms with Crippen molar-refractivity contribution in [2.75, 3.05) is 4.90 Å². The van der Waals surface area contributed by atoms with Gasteiger partial charge in [-0.05, 0) is 65.5 Å². The third-order valence-electron chi connectivity index (χ3n) is 10.1. The minimum absolute atomic E-state index is 0.882. The highest BCUT2D eigenvalue weighted by molar-refractivity contribution is 6.24. The highest BCUT2D eigenvalue weighted by Gasteiger charge is 2.29. The molecule has 7 aromatic carbocycles. The summed E-state index contributed by atoms with van der Waals surface area (Å²) in [6, 6.07) is 54.6. The molecule has 228 valence electrons. The van der Waals surface area contributed by atoms with Gasteiger partial charge in [0, 0.05) is 55.8 Å². The number of hydrogen-bond donors (Lipinski definition) is 0. The van der Waals surface area contributed by atoms with Gasteiger partial charge in [-0.15, -0.1) is 0 Å². The Hall–Kier alpha value is -6.72. The lowest BCUT2D eigenvalue weighted by Crippen LogP contribution is -2.16. The predicted octanol–water partition coefficient (Wildman–Crippen LogP) is 11.3. The molecule has 0 amide bonds. The van der Waals surface area contributed by atoms with E-state index in [9.17, 15) is 0 Å². The van der Waals surface area contributed by atoms with Crippen molar-refractivity contribution in [2.24, 2.45) is 0 Å². The number of nitrogens with zero attached hydrogens (tertiary/aromatic N) is 5. The zero-order chi connectivity index (χ0) is 32.1. The first-order valence-corrected chi connectivity index (χ1v) is 16.6. The van der Waals surface area contributed by atoms with Crippen molar-refractivity contribution in [3.05, 3.63) is 164 Å². The van der Waals surface area contributed by atoms with Crippen LogP contribution in [0.1, 0.15) is 0 Å². The summed E-state index contributed by atoms with van der Waals surface area (Å²) >= 11 is 0.